The van der Waals surface area contributed by atoms with Gasteiger partial charge in [0.25, 0.3) is 0 Å². The van der Waals surface area contributed by atoms with Gasteiger partial charge in [0.2, 0.25) is 0 Å². The maximum atomic E-state index is 8.99. The Kier molecular flexibility index (Phi) is 4.84. The van der Waals surface area contributed by atoms with Crippen LogP contribution < -0.4 is 0 Å². The molecule has 1 aromatic carbocycles. The van der Waals surface area contributed by atoms with Crippen LogP contribution in [-0.4, -0.2) is 30.1 Å². The average molecular weight is 313 g/mol. The Balaban J connectivity index is 1.66. The Labute approximate surface area is 135 Å². The average Bonchev–Trinajstić information content (AvgIpc) is 2.95. The number of nitrogens with zero attached hydrogens (tertiary/aromatic N) is 3. The Bertz CT molecular complexity index is 689. The lowest BCUT2D eigenvalue weighted by Crippen LogP contribution is -2.29. The SMILES string of the molecule is COCCc1nc2c(s1)CN(Cc1cccc(C#N)c1)CC2. The smallest absolute Gasteiger partial charge is 0.0991 e. The van der Waals surface area contributed by atoms with E-state index in [-0.39, 0.29) is 0 Å². The van der Waals surface area contributed by atoms with Crippen molar-refractivity contribution >= 4 is 11.3 Å². The van der Waals surface area contributed by atoms with Crippen LogP contribution in [0.15, 0.2) is 24.3 Å². The standard InChI is InChI=1S/C17H19N3OS/c1-21-8-6-17-19-15-5-7-20(12-16(15)22-17)11-14-4-2-3-13(9-14)10-18/h2-4,9H,5-8,11-12H2,1H3. The molecule has 0 saturated heterocycles. The maximum absolute atomic E-state index is 8.99. The molecule has 0 unspecified atom stereocenters. The highest BCUT2D eigenvalue weighted by molar-refractivity contribution is 7.11. The summed E-state index contributed by atoms with van der Waals surface area (Å²) in [6.45, 7) is 3.60. The Morgan fingerprint density at radius 1 is 1.45 bits per heavy atom. The molecule has 3 rings (SSSR count). The van der Waals surface area contributed by atoms with Gasteiger partial charge in [0.1, 0.15) is 0 Å². The van der Waals surface area contributed by atoms with Gasteiger partial charge in [-0.3, -0.25) is 4.90 Å². The van der Waals surface area contributed by atoms with E-state index >= 15 is 0 Å². The minimum atomic E-state index is 0.731. The Morgan fingerprint density at radius 3 is 3.18 bits per heavy atom. The highest BCUT2D eigenvalue weighted by Crippen LogP contribution is 2.26. The highest BCUT2D eigenvalue weighted by Gasteiger charge is 2.20. The largest absolute Gasteiger partial charge is 0.384 e. The second-order valence-corrected chi connectivity index (χ2v) is 6.66. The van der Waals surface area contributed by atoms with Crippen LogP contribution in [0.2, 0.25) is 0 Å². The third kappa shape index (κ3) is 3.53. The lowest BCUT2D eigenvalue weighted by atomic mass is 10.1. The van der Waals surface area contributed by atoms with Crippen molar-refractivity contribution in [3.63, 3.8) is 0 Å². The molecule has 1 aromatic heterocycles. The zero-order valence-corrected chi connectivity index (χ0v) is 13.5. The van der Waals surface area contributed by atoms with Crippen LogP contribution in [0.25, 0.3) is 0 Å². The van der Waals surface area contributed by atoms with E-state index in [1.807, 2.05) is 29.5 Å². The number of methoxy groups -OCH3 is 1. The summed E-state index contributed by atoms with van der Waals surface area (Å²) >= 11 is 1.81. The number of benzene rings is 1. The fraction of sp³-hybridized carbons (Fsp3) is 0.412. The van der Waals surface area contributed by atoms with Gasteiger partial charge in [-0.25, -0.2) is 4.98 Å². The number of rotatable bonds is 5. The number of hydrogen-bond donors (Lipinski definition) is 0. The van der Waals surface area contributed by atoms with E-state index in [4.69, 9.17) is 15.0 Å². The molecule has 0 fully saturated rings. The minimum absolute atomic E-state index is 0.731. The number of thiazole rings is 1. The molecule has 114 valence electrons. The van der Waals surface area contributed by atoms with E-state index in [0.29, 0.717) is 0 Å². The number of ether oxygens (including phenoxy) is 1. The van der Waals surface area contributed by atoms with Crippen LogP contribution in [0.3, 0.4) is 0 Å². The first-order valence-corrected chi connectivity index (χ1v) is 8.28. The molecule has 22 heavy (non-hydrogen) atoms. The molecule has 0 N–H and O–H groups in total. The summed E-state index contributed by atoms with van der Waals surface area (Å²) in [5, 5.41) is 10.2. The molecule has 2 aromatic rings. The van der Waals surface area contributed by atoms with Crippen molar-refractivity contribution < 1.29 is 4.74 Å². The topological polar surface area (TPSA) is 49.1 Å². The van der Waals surface area contributed by atoms with Crippen LogP contribution in [0, 0.1) is 11.3 Å². The molecule has 5 heteroatoms. The molecular weight excluding hydrogens is 294 g/mol. The number of aromatic nitrogens is 1. The lowest BCUT2D eigenvalue weighted by Gasteiger charge is -2.25. The molecule has 1 aliphatic rings. The molecule has 0 atom stereocenters. The van der Waals surface area contributed by atoms with Gasteiger partial charge in [-0.15, -0.1) is 11.3 Å². The Hall–Kier alpha value is -1.74. The first-order chi connectivity index (χ1) is 10.8. The van der Waals surface area contributed by atoms with Crippen LogP contribution in [0.1, 0.15) is 26.7 Å². The molecule has 0 amide bonds. The van der Waals surface area contributed by atoms with Gasteiger partial charge < -0.3 is 4.74 Å². The molecule has 0 aliphatic carbocycles. The van der Waals surface area contributed by atoms with Crippen molar-refractivity contribution in [2.45, 2.75) is 25.9 Å². The summed E-state index contributed by atoms with van der Waals surface area (Å²) in [6.07, 6.45) is 1.91. The van der Waals surface area contributed by atoms with Gasteiger partial charge in [0, 0.05) is 44.5 Å². The van der Waals surface area contributed by atoms with Gasteiger partial charge in [-0.05, 0) is 17.7 Å². The van der Waals surface area contributed by atoms with E-state index in [9.17, 15) is 0 Å². The second kappa shape index (κ2) is 7.01. The molecule has 0 saturated carbocycles. The zero-order chi connectivity index (χ0) is 15.4. The molecule has 0 spiro atoms. The van der Waals surface area contributed by atoms with Crippen molar-refractivity contribution in [1.29, 1.82) is 5.26 Å². The third-order valence-corrected chi connectivity index (χ3v) is 4.98. The van der Waals surface area contributed by atoms with Gasteiger partial charge in [-0.2, -0.15) is 5.26 Å². The summed E-state index contributed by atoms with van der Waals surface area (Å²) < 4.78 is 5.13. The van der Waals surface area contributed by atoms with Gasteiger partial charge in [-0.1, -0.05) is 12.1 Å². The van der Waals surface area contributed by atoms with Crippen molar-refractivity contribution in [3.8, 4) is 6.07 Å². The fourth-order valence-electron chi connectivity index (χ4n) is 2.73. The van der Waals surface area contributed by atoms with Gasteiger partial charge >= 0.3 is 0 Å². The molecular formula is C17H19N3OS. The predicted molar refractivity (Wildman–Crippen MR) is 86.7 cm³/mol. The fourth-order valence-corrected chi connectivity index (χ4v) is 3.87. The van der Waals surface area contributed by atoms with Crippen LogP contribution >= 0.6 is 11.3 Å². The first-order valence-electron chi connectivity index (χ1n) is 7.46. The van der Waals surface area contributed by atoms with Crippen molar-refractivity contribution in [1.82, 2.24) is 9.88 Å². The molecule has 0 bridgehead atoms. The van der Waals surface area contributed by atoms with Crippen molar-refractivity contribution in [2.75, 3.05) is 20.3 Å². The summed E-state index contributed by atoms with van der Waals surface area (Å²) in [7, 11) is 1.73. The quantitative estimate of drug-likeness (QED) is 0.851. The highest BCUT2D eigenvalue weighted by atomic mass is 32.1. The van der Waals surface area contributed by atoms with E-state index < -0.39 is 0 Å². The van der Waals surface area contributed by atoms with E-state index in [2.05, 4.69) is 17.0 Å². The second-order valence-electron chi connectivity index (χ2n) is 5.49. The van der Waals surface area contributed by atoms with Crippen LogP contribution in [0.4, 0.5) is 0 Å². The zero-order valence-electron chi connectivity index (χ0n) is 12.7. The molecule has 4 nitrogen and oxygen atoms in total. The van der Waals surface area contributed by atoms with Crippen LogP contribution in [-0.2, 0) is 30.7 Å². The van der Waals surface area contributed by atoms with Crippen molar-refractivity contribution in [3.05, 3.63) is 51.0 Å². The van der Waals surface area contributed by atoms with E-state index in [1.165, 1.54) is 21.1 Å². The minimum Gasteiger partial charge on any atom is -0.384 e. The number of hydrogen-bond acceptors (Lipinski definition) is 5. The van der Waals surface area contributed by atoms with Gasteiger partial charge in [0.15, 0.2) is 0 Å². The first kappa shape index (κ1) is 15.2. The van der Waals surface area contributed by atoms with E-state index in [1.54, 1.807) is 7.11 Å². The molecule has 0 radical (unpaired) electrons. The summed E-state index contributed by atoms with van der Waals surface area (Å²) in [5.74, 6) is 0. The third-order valence-electron chi connectivity index (χ3n) is 3.84. The van der Waals surface area contributed by atoms with E-state index in [0.717, 1.165) is 44.6 Å². The monoisotopic (exact) mass is 313 g/mol. The molecule has 2 heterocycles. The summed E-state index contributed by atoms with van der Waals surface area (Å²) in [6, 6.07) is 10.1. The number of fused-ring (bicyclic) bond motifs is 1. The molecule has 1 aliphatic heterocycles. The summed E-state index contributed by atoms with van der Waals surface area (Å²) in [5.41, 5.74) is 3.19. The normalized spacial score (nSPS) is 14.5. The van der Waals surface area contributed by atoms with Crippen molar-refractivity contribution in [2.24, 2.45) is 0 Å². The Morgan fingerprint density at radius 2 is 2.36 bits per heavy atom. The predicted octanol–water partition coefficient (Wildman–Crippen LogP) is 2.76. The van der Waals surface area contributed by atoms with Crippen LogP contribution in [0.5, 0.6) is 0 Å². The lowest BCUT2D eigenvalue weighted by molar-refractivity contribution is 0.202. The van der Waals surface area contributed by atoms with Gasteiger partial charge in [0.05, 0.1) is 28.9 Å². The summed E-state index contributed by atoms with van der Waals surface area (Å²) in [4.78, 5) is 8.54. The maximum Gasteiger partial charge on any atom is 0.0991 e. The number of nitriles is 1.